The summed E-state index contributed by atoms with van der Waals surface area (Å²) in [4.78, 5) is 12.2. The van der Waals surface area contributed by atoms with Crippen LogP contribution < -0.4 is 10.0 Å². The van der Waals surface area contributed by atoms with E-state index in [4.69, 9.17) is 4.52 Å². The predicted molar refractivity (Wildman–Crippen MR) is 85.7 cm³/mol. The van der Waals surface area contributed by atoms with Gasteiger partial charge >= 0.3 is 0 Å². The minimum Gasteiger partial charge on any atom is -0.360 e. The molecule has 0 spiro atoms. The molecule has 0 radical (unpaired) electrons. The van der Waals surface area contributed by atoms with E-state index < -0.39 is 15.9 Å². The molecule has 23 heavy (non-hydrogen) atoms. The Morgan fingerprint density at radius 3 is 2.48 bits per heavy atom. The number of amides is 1. The van der Waals surface area contributed by atoms with Gasteiger partial charge in [0.1, 0.15) is 5.76 Å². The number of rotatable bonds is 6. The number of hydrogen-bond acceptors (Lipinski definition) is 5. The Hall–Kier alpha value is -2.19. The van der Waals surface area contributed by atoms with E-state index in [1.165, 1.54) is 24.3 Å². The Morgan fingerprint density at radius 1 is 1.30 bits per heavy atom. The van der Waals surface area contributed by atoms with E-state index in [2.05, 4.69) is 15.2 Å². The fourth-order valence-corrected chi connectivity index (χ4v) is 3.14. The molecule has 1 unspecified atom stereocenters. The van der Waals surface area contributed by atoms with Crippen LogP contribution in [0.3, 0.4) is 0 Å². The molecule has 0 saturated heterocycles. The highest BCUT2D eigenvalue weighted by atomic mass is 32.2. The second kappa shape index (κ2) is 6.93. The number of carbonyl (C=O) groups is 1. The van der Waals surface area contributed by atoms with Crippen LogP contribution in [0.5, 0.6) is 0 Å². The fraction of sp³-hybridized carbons (Fsp3) is 0.333. The molecule has 1 amide bonds. The summed E-state index contributed by atoms with van der Waals surface area (Å²) in [5, 5.41) is 6.24. The quantitative estimate of drug-likeness (QED) is 0.842. The predicted octanol–water partition coefficient (Wildman–Crippen LogP) is 2.31. The van der Waals surface area contributed by atoms with Crippen LogP contribution in [0, 0.1) is 6.92 Å². The van der Waals surface area contributed by atoms with E-state index >= 15 is 0 Å². The molecular weight excluding hydrogens is 318 g/mol. The Bertz CT molecular complexity index is 781. The molecule has 2 N–H and O–H groups in total. The highest BCUT2D eigenvalue weighted by molar-refractivity contribution is 7.89. The van der Waals surface area contributed by atoms with Gasteiger partial charge in [0.2, 0.25) is 10.0 Å². The Balaban J connectivity index is 2.11. The standard InChI is InChI=1S/C15H19N3O4S/c1-4-10(2)18-23(20,21)13-7-5-12(6-8-13)15(19)16-14-9-11(3)22-17-14/h5-10,18H,4H2,1-3H3,(H,16,17,19). The molecule has 1 aromatic heterocycles. The van der Waals surface area contributed by atoms with Crippen LogP contribution in [0.2, 0.25) is 0 Å². The molecular formula is C15H19N3O4S. The number of aromatic nitrogens is 1. The Labute approximate surface area is 135 Å². The van der Waals surface area contributed by atoms with Crippen molar-refractivity contribution in [3.63, 3.8) is 0 Å². The van der Waals surface area contributed by atoms with Crippen LogP contribution >= 0.6 is 0 Å². The third-order valence-electron chi connectivity index (χ3n) is 3.27. The first-order chi connectivity index (χ1) is 10.8. The van der Waals surface area contributed by atoms with Crippen molar-refractivity contribution < 1.29 is 17.7 Å². The summed E-state index contributed by atoms with van der Waals surface area (Å²) in [6.07, 6.45) is 0.691. The molecule has 0 aliphatic heterocycles. The van der Waals surface area contributed by atoms with Crippen molar-refractivity contribution in [2.45, 2.75) is 38.1 Å². The van der Waals surface area contributed by atoms with Crippen LogP contribution in [0.4, 0.5) is 5.82 Å². The zero-order chi connectivity index (χ0) is 17.0. The van der Waals surface area contributed by atoms with Crippen molar-refractivity contribution in [3.8, 4) is 0 Å². The lowest BCUT2D eigenvalue weighted by Crippen LogP contribution is -2.32. The normalized spacial score (nSPS) is 12.8. The molecule has 1 atom stereocenters. The van der Waals surface area contributed by atoms with Gasteiger partial charge in [-0.25, -0.2) is 13.1 Å². The minimum absolute atomic E-state index is 0.117. The van der Waals surface area contributed by atoms with Gasteiger partial charge in [-0.15, -0.1) is 0 Å². The summed E-state index contributed by atoms with van der Waals surface area (Å²) in [7, 11) is -3.58. The Morgan fingerprint density at radius 2 is 1.96 bits per heavy atom. The first-order valence-electron chi connectivity index (χ1n) is 7.19. The van der Waals surface area contributed by atoms with Gasteiger partial charge < -0.3 is 9.84 Å². The molecule has 0 bridgehead atoms. The van der Waals surface area contributed by atoms with Crippen molar-refractivity contribution >= 4 is 21.7 Å². The van der Waals surface area contributed by atoms with Crippen LogP contribution in [0.25, 0.3) is 0 Å². The number of hydrogen-bond donors (Lipinski definition) is 2. The van der Waals surface area contributed by atoms with Gasteiger partial charge in [-0.2, -0.15) is 0 Å². The van der Waals surface area contributed by atoms with Gasteiger partial charge in [0.05, 0.1) is 4.90 Å². The summed E-state index contributed by atoms with van der Waals surface area (Å²) in [6.45, 7) is 5.40. The monoisotopic (exact) mass is 337 g/mol. The summed E-state index contributed by atoms with van der Waals surface area (Å²) >= 11 is 0. The van der Waals surface area contributed by atoms with Crippen molar-refractivity contribution in [2.75, 3.05) is 5.32 Å². The van der Waals surface area contributed by atoms with Gasteiger partial charge in [0, 0.05) is 17.7 Å². The first-order valence-corrected chi connectivity index (χ1v) is 8.67. The van der Waals surface area contributed by atoms with E-state index in [9.17, 15) is 13.2 Å². The molecule has 0 aliphatic carbocycles. The maximum atomic E-state index is 12.1. The van der Waals surface area contributed by atoms with Crippen LogP contribution in [-0.4, -0.2) is 25.5 Å². The third-order valence-corrected chi connectivity index (χ3v) is 4.87. The van der Waals surface area contributed by atoms with E-state index in [0.717, 1.165) is 0 Å². The summed E-state index contributed by atoms with van der Waals surface area (Å²) in [5.74, 6) is 0.498. The average molecular weight is 337 g/mol. The molecule has 1 heterocycles. The molecule has 7 nitrogen and oxygen atoms in total. The minimum atomic E-state index is -3.58. The van der Waals surface area contributed by atoms with Crippen molar-refractivity contribution in [1.29, 1.82) is 0 Å². The lowest BCUT2D eigenvalue weighted by molar-refractivity contribution is 0.102. The number of carbonyl (C=O) groups excluding carboxylic acids is 1. The molecule has 0 saturated carbocycles. The fourth-order valence-electron chi connectivity index (χ4n) is 1.82. The third kappa shape index (κ3) is 4.40. The maximum absolute atomic E-state index is 12.1. The number of benzene rings is 1. The lowest BCUT2D eigenvalue weighted by atomic mass is 10.2. The largest absolute Gasteiger partial charge is 0.360 e. The van der Waals surface area contributed by atoms with Gasteiger partial charge in [-0.3, -0.25) is 4.79 Å². The van der Waals surface area contributed by atoms with Crippen molar-refractivity contribution in [3.05, 3.63) is 41.7 Å². The topological polar surface area (TPSA) is 101 Å². The van der Waals surface area contributed by atoms with Gasteiger partial charge in [-0.1, -0.05) is 12.1 Å². The van der Waals surface area contributed by atoms with E-state index in [0.29, 0.717) is 23.6 Å². The Kier molecular flexibility index (Phi) is 5.17. The van der Waals surface area contributed by atoms with E-state index in [1.807, 2.05) is 6.92 Å². The molecule has 124 valence electrons. The molecule has 2 rings (SSSR count). The molecule has 0 aliphatic rings. The first kappa shape index (κ1) is 17.2. The second-order valence-electron chi connectivity index (χ2n) is 5.23. The molecule has 2 aromatic rings. The van der Waals surface area contributed by atoms with E-state index in [1.54, 1.807) is 19.9 Å². The average Bonchev–Trinajstić information content (AvgIpc) is 2.92. The number of anilines is 1. The van der Waals surface area contributed by atoms with Crippen molar-refractivity contribution in [1.82, 2.24) is 9.88 Å². The summed E-state index contributed by atoms with van der Waals surface area (Å²) in [6, 6.07) is 7.13. The second-order valence-corrected chi connectivity index (χ2v) is 6.95. The van der Waals surface area contributed by atoms with Crippen LogP contribution in [0.1, 0.15) is 36.4 Å². The lowest BCUT2D eigenvalue weighted by Gasteiger charge is -2.12. The SMILES string of the molecule is CCC(C)NS(=O)(=O)c1ccc(C(=O)Nc2cc(C)on2)cc1. The van der Waals surface area contributed by atoms with Crippen LogP contribution in [0.15, 0.2) is 39.8 Å². The zero-order valence-electron chi connectivity index (χ0n) is 13.2. The molecule has 1 aromatic carbocycles. The number of aryl methyl sites for hydroxylation is 1. The van der Waals surface area contributed by atoms with Gasteiger partial charge in [-0.05, 0) is 44.5 Å². The highest BCUT2D eigenvalue weighted by Gasteiger charge is 2.17. The maximum Gasteiger partial charge on any atom is 0.256 e. The van der Waals surface area contributed by atoms with E-state index in [-0.39, 0.29) is 10.9 Å². The summed E-state index contributed by atoms with van der Waals surface area (Å²) < 4.78 is 31.7. The van der Waals surface area contributed by atoms with Gasteiger partial charge in [0.15, 0.2) is 5.82 Å². The van der Waals surface area contributed by atoms with Crippen LogP contribution in [-0.2, 0) is 10.0 Å². The number of sulfonamides is 1. The van der Waals surface area contributed by atoms with Crippen molar-refractivity contribution in [2.24, 2.45) is 0 Å². The number of nitrogens with one attached hydrogen (secondary N) is 2. The number of nitrogens with zero attached hydrogens (tertiary/aromatic N) is 1. The van der Waals surface area contributed by atoms with Gasteiger partial charge in [0.25, 0.3) is 5.91 Å². The molecule has 0 fully saturated rings. The highest BCUT2D eigenvalue weighted by Crippen LogP contribution is 2.14. The summed E-state index contributed by atoms with van der Waals surface area (Å²) in [5.41, 5.74) is 0.327. The molecule has 8 heteroatoms. The smallest absolute Gasteiger partial charge is 0.256 e. The zero-order valence-corrected chi connectivity index (χ0v) is 14.0.